The molecule has 0 aliphatic heterocycles. The number of benzene rings is 2. The molecule has 1 fully saturated rings. The summed E-state index contributed by atoms with van der Waals surface area (Å²) < 4.78 is 0. The van der Waals surface area contributed by atoms with Gasteiger partial charge in [0.1, 0.15) is 0 Å². The fourth-order valence-electron chi connectivity index (χ4n) is 3.15. The molecule has 0 aromatic heterocycles. The summed E-state index contributed by atoms with van der Waals surface area (Å²) in [4.78, 5) is 0. The molecular formula is C18H22S. The minimum absolute atomic E-state index is 0. The second-order valence-electron chi connectivity index (χ2n) is 5.29. The average molecular weight is 270 g/mol. The highest BCUT2D eigenvalue weighted by Crippen LogP contribution is 2.37. The first-order chi connectivity index (χ1) is 8.95. The summed E-state index contributed by atoms with van der Waals surface area (Å²) in [7, 11) is 0. The minimum atomic E-state index is 0. The van der Waals surface area contributed by atoms with Gasteiger partial charge in [0.15, 0.2) is 0 Å². The molecule has 0 nitrogen and oxygen atoms in total. The Balaban J connectivity index is 0.00000133. The molecule has 0 N–H and O–H groups in total. The van der Waals surface area contributed by atoms with Crippen LogP contribution in [-0.2, 0) is 0 Å². The van der Waals surface area contributed by atoms with Gasteiger partial charge in [0.2, 0.25) is 0 Å². The van der Waals surface area contributed by atoms with Crippen LogP contribution in [-0.4, -0.2) is 0 Å². The SMILES string of the molecule is S.c1ccc(-c2ccccc2C2CCCCC2)cc1. The van der Waals surface area contributed by atoms with Crippen molar-refractivity contribution in [3.05, 3.63) is 60.2 Å². The van der Waals surface area contributed by atoms with Crippen molar-refractivity contribution in [2.45, 2.75) is 38.0 Å². The van der Waals surface area contributed by atoms with Crippen molar-refractivity contribution >= 4 is 13.5 Å². The van der Waals surface area contributed by atoms with E-state index in [1.165, 1.54) is 43.2 Å². The molecule has 3 rings (SSSR count). The monoisotopic (exact) mass is 270 g/mol. The Bertz CT molecular complexity index is 498. The van der Waals surface area contributed by atoms with Gasteiger partial charge < -0.3 is 0 Å². The molecule has 0 bridgehead atoms. The van der Waals surface area contributed by atoms with E-state index in [1.54, 1.807) is 5.56 Å². The standard InChI is InChI=1S/C18H20.H2S/c1-3-9-15(10-4-1)17-13-7-8-14-18(17)16-11-5-2-6-12-16;/h1,3-4,7-10,13-14,16H,2,5-6,11-12H2;1H2. The molecular weight excluding hydrogens is 248 g/mol. The lowest BCUT2D eigenvalue weighted by Gasteiger charge is -2.24. The molecule has 2 aromatic carbocycles. The molecule has 0 amide bonds. The Kier molecular flexibility index (Phi) is 5.09. The van der Waals surface area contributed by atoms with Gasteiger partial charge in [0.05, 0.1) is 0 Å². The zero-order valence-corrected chi connectivity index (χ0v) is 12.3. The Morgan fingerprint density at radius 1 is 0.684 bits per heavy atom. The molecule has 0 unspecified atom stereocenters. The van der Waals surface area contributed by atoms with E-state index in [-0.39, 0.29) is 13.5 Å². The lowest BCUT2D eigenvalue weighted by atomic mass is 9.81. The highest BCUT2D eigenvalue weighted by Gasteiger charge is 2.18. The Morgan fingerprint density at radius 2 is 1.32 bits per heavy atom. The van der Waals surface area contributed by atoms with Crippen LogP contribution >= 0.6 is 13.5 Å². The average Bonchev–Trinajstić information content (AvgIpc) is 2.49. The third-order valence-corrected chi connectivity index (χ3v) is 4.09. The van der Waals surface area contributed by atoms with Crippen LogP contribution in [0.4, 0.5) is 0 Å². The molecule has 0 spiro atoms. The van der Waals surface area contributed by atoms with E-state index in [9.17, 15) is 0 Å². The van der Waals surface area contributed by atoms with Crippen molar-refractivity contribution in [1.82, 2.24) is 0 Å². The van der Waals surface area contributed by atoms with Crippen LogP contribution in [0.3, 0.4) is 0 Å². The van der Waals surface area contributed by atoms with Gasteiger partial charge in [-0.2, -0.15) is 13.5 Å². The van der Waals surface area contributed by atoms with Crippen molar-refractivity contribution in [3.8, 4) is 11.1 Å². The van der Waals surface area contributed by atoms with Crippen LogP contribution in [0.25, 0.3) is 11.1 Å². The Morgan fingerprint density at radius 3 is 2.05 bits per heavy atom. The molecule has 0 saturated heterocycles. The van der Waals surface area contributed by atoms with Crippen LogP contribution in [0.15, 0.2) is 54.6 Å². The van der Waals surface area contributed by atoms with Crippen LogP contribution in [0.1, 0.15) is 43.6 Å². The Hall–Kier alpha value is -1.21. The van der Waals surface area contributed by atoms with Crippen LogP contribution in [0, 0.1) is 0 Å². The molecule has 1 aliphatic carbocycles. The lowest BCUT2D eigenvalue weighted by Crippen LogP contribution is -2.05. The van der Waals surface area contributed by atoms with Gasteiger partial charge in [-0.15, -0.1) is 0 Å². The number of hydrogen-bond donors (Lipinski definition) is 0. The second kappa shape index (κ2) is 6.81. The van der Waals surface area contributed by atoms with Gasteiger partial charge in [0.25, 0.3) is 0 Å². The zero-order chi connectivity index (χ0) is 12.2. The largest absolute Gasteiger partial charge is 0.197 e. The van der Waals surface area contributed by atoms with E-state index in [1.807, 2.05) is 0 Å². The van der Waals surface area contributed by atoms with E-state index < -0.39 is 0 Å². The van der Waals surface area contributed by atoms with Crippen molar-refractivity contribution in [3.63, 3.8) is 0 Å². The second-order valence-corrected chi connectivity index (χ2v) is 5.29. The van der Waals surface area contributed by atoms with Crippen LogP contribution in [0.2, 0.25) is 0 Å². The van der Waals surface area contributed by atoms with Gasteiger partial charge in [-0.1, -0.05) is 73.9 Å². The molecule has 0 heterocycles. The smallest absolute Gasteiger partial charge is 0.0149 e. The summed E-state index contributed by atoms with van der Waals surface area (Å²) in [5.74, 6) is 0.773. The number of rotatable bonds is 2. The molecule has 1 heteroatoms. The maximum absolute atomic E-state index is 2.33. The van der Waals surface area contributed by atoms with Crippen molar-refractivity contribution in [1.29, 1.82) is 0 Å². The van der Waals surface area contributed by atoms with Gasteiger partial charge >= 0.3 is 0 Å². The van der Waals surface area contributed by atoms with E-state index in [0.717, 1.165) is 5.92 Å². The van der Waals surface area contributed by atoms with E-state index >= 15 is 0 Å². The van der Waals surface area contributed by atoms with E-state index in [2.05, 4.69) is 54.6 Å². The molecule has 0 radical (unpaired) electrons. The van der Waals surface area contributed by atoms with Crippen molar-refractivity contribution < 1.29 is 0 Å². The predicted octanol–water partition coefficient (Wildman–Crippen LogP) is 5.51. The third kappa shape index (κ3) is 3.22. The molecule has 0 atom stereocenters. The molecule has 1 saturated carbocycles. The molecule has 1 aliphatic rings. The quantitative estimate of drug-likeness (QED) is 0.674. The summed E-state index contributed by atoms with van der Waals surface area (Å²) in [5, 5.41) is 0. The highest BCUT2D eigenvalue weighted by atomic mass is 32.1. The highest BCUT2D eigenvalue weighted by molar-refractivity contribution is 7.59. The summed E-state index contributed by atoms with van der Waals surface area (Å²) >= 11 is 0. The van der Waals surface area contributed by atoms with Crippen molar-refractivity contribution in [2.24, 2.45) is 0 Å². The topological polar surface area (TPSA) is 0 Å². The Labute approximate surface area is 123 Å². The lowest BCUT2D eigenvalue weighted by molar-refractivity contribution is 0.444. The maximum atomic E-state index is 2.33. The summed E-state index contributed by atoms with van der Waals surface area (Å²) in [6.07, 6.45) is 6.94. The van der Waals surface area contributed by atoms with Gasteiger partial charge in [-0.3, -0.25) is 0 Å². The summed E-state index contributed by atoms with van der Waals surface area (Å²) in [6, 6.07) is 19.8. The van der Waals surface area contributed by atoms with E-state index in [0.29, 0.717) is 0 Å². The zero-order valence-electron chi connectivity index (χ0n) is 11.3. The fourth-order valence-corrected chi connectivity index (χ4v) is 3.15. The summed E-state index contributed by atoms with van der Waals surface area (Å²) in [5.41, 5.74) is 4.35. The fraction of sp³-hybridized carbons (Fsp3) is 0.333. The van der Waals surface area contributed by atoms with Gasteiger partial charge in [-0.25, -0.2) is 0 Å². The van der Waals surface area contributed by atoms with Gasteiger partial charge in [-0.05, 0) is 35.4 Å². The first-order valence-corrected chi connectivity index (χ1v) is 7.09. The summed E-state index contributed by atoms with van der Waals surface area (Å²) in [6.45, 7) is 0. The van der Waals surface area contributed by atoms with Gasteiger partial charge in [0, 0.05) is 0 Å². The molecule has 2 aromatic rings. The number of hydrogen-bond acceptors (Lipinski definition) is 0. The maximum Gasteiger partial charge on any atom is -0.0149 e. The van der Waals surface area contributed by atoms with Crippen molar-refractivity contribution in [2.75, 3.05) is 0 Å². The first kappa shape index (κ1) is 14.2. The molecule has 19 heavy (non-hydrogen) atoms. The third-order valence-electron chi connectivity index (χ3n) is 4.09. The van der Waals surface area contributed by atoms with Crippen LogP contribution < -0.4 is 0 Å². The first-order valence-electron chi connectivity index (χ1n) is 7.09. The minimum Gasteiger partial charge on any atom is -0.197 e. The van der Waals surface area contributed by atoms with E-state index in [4.69, 9.17) is 0 Å². The predicted molar refractivity (Wildman–Crippen MR) is 88.1 cm³/mol. The molecule has 100 valence electrons. The normalized spacial score (nSPS) is 15.8. The van der Waals surface area contributed by atoms with Crippen LogP contribution in [0.5, 0.6) is 0 Å².